The molecule has 0 spiro atoms. The summed E-state index contributed by atoms with van der Waals surface area (Å²) in [5.74, 6) is 0.0377. The summed E-state index contributed by atoms with van der Waals surface area (Å²) in [6.07, 6.45) is 0.664. The Labute approximate surface area is 219 Å². The monoisotopic (exact) mass is 558 g/mol. The van der Waals surface area contributed by atoms with Gasteiger partial charge in [-0.15, -0.1) is 0 Å². The zero-order valence-electron chi connectivity index (χ0n) is 19.3. The summed E-state index contributed by atoms with van der Waals surface area (Å²) in [5, 5.41) is 3.92. The first-order valence-corrected chi connectivity index (χ1v) is 13.5. The highest BCUT2D eigenvalue weighted by Crippen LogP contribution is 2.35. The quantitative estimate of drug-likeness (QED) is 0.246. The summed E-state index contributed by atoms with van der Waals surface area (Å²) in [7, 11) is -4.01. The molecule has 0 aliphatic rings. The summed E-state index contributed by atoms with van der Waals surface area (Å²) in [4.78, 5) is 23.7. The van der Waals surface area contributed by atoms with Crippen molar-refractivity contribution >= 4 is 56.2 Å². The van der Waals surface area contributed by atoms with Crippen LogP contribution >= 0.6 is 34.8 Å². The summed E-state index contributed by atoms with van der Waals surface area (Å²) in [6, 6.07) is 9.97. The van der Waals surface area contributed by atoms with Crippen LogP contribution in [0.5, 0.6) is 5.75 Å². The number of hydrogen-bond acceptors (Lipinski definition) is 6. The van der Waals surface area contributed by atoms with E-state index < -0.39 is 26.9 Å². The van der Waals surface area contributed by atoms with E-state index in [2.05, 4.69) is 5.32 Å². The molecule has 3 aromatic rings. The molecule has 0 fully saturated rings. The normalized spacial score (nSPS) is 12.7. The van der Waals surface area contributed by atoms with Gasteiger partial charge in [0.25, 0.3) is 20.9 Å². The molecule has 0 aromatic heterocycles. The molecule has 3 aromatic carbocycles. The molecular weight excluding hydrogens is 535 g/mol. The lowest BCUT2D eigenvalue weighted by Gasteiger charge is -2.31. The zero-order chi connectivity index (χ0) is 25.9. The minimum atomic E-state index is -4.01. The van der Waals surface area contributed by atoms with Crippen molar-refractivity contribution in [1.29, 1.82) is 0 Å². The Morgan fingerprint density at radius 2 is 1.57 bits per heavy atom. The van der Waals surface area contributed by atoms with Crippen molar-refractivity contribution in [2.75, 3.05) is 16.2 Å². The van der Waals surface area contributed by atoms with Crippen LogP contribution in [0.4, 0.5) is 11.4 Å². The lowest BCUT2D eigenvalue weighted by Crippen LogP contribution is -2.39. The molecule has 1 atom stereocenters. The second kappa shape index (κ2) is 11.2. The molecule has 0 saturated heterocycles. The summed E-state index contributed by atoms with van der Waals surface area (Å²) in [6.45, 7) is 5.62. The third-order valence-corrected chi connectivity index (χ3v) is 7.99. The molecule has 7 nitrogen and oxygen atoms in total. The summed E-state index contributed by atoms with van der Waals surface area (Å²) < 4.78 is 33.9. The maximum atomic E-state index is 13.6. The molecule has 0 bridgehead atoms. The third-order valence-electron chi connectivity index (χ3n) is 5.24. The summed E-state index contributed by atoms with van der Waals surface area (Å²) >= 11 is 18.5. The molecule has 0 aliphatic heterocycles. The van der Waals surface area contributed by atoms with Crippen LogP contribution in [0.3, 0.4) is 0 Å². The molecule has 188 valence electrons. The molecule has 0 aliphatic carbocycles. The maximum Gasteiger partial charge on any atom is 0.272 e. The molecule has 0 heterocycles. The van der Waals surface area contributed by atoms with E-state index in [1.807, 2.05) is 0 Å². The van der Waals surface area contributed by atoms with Crippen LogP contribution in [-0.2, 0) is 10.0 Å². The number of ether oxygens (including phenoxy) is 1. The highest BCUT2D eigenvalue weighted by atomic mass is 35.5. The summed E-state index contributed by atoms with van der Waals surface area (Å²) in [5.41, 5.74) is -0.860. The molecule has 35 heavy (non-hydrogen) atoms. The fourth-order valence-electron chi connectivity index (χ4n) is 3.59. The third kappa shape index (κ3) is 6.12. The standard InChI is InChI=1S/C24H25Cl3N2O5S/c1-14(2)34-24-21(22(30)23(24)31)28-12-4-5-15(3)29(20-13-17(26)8-11-19(20)27)35(32,33)18-9-6-16(25)7-10-18/h6-11,13-15,28H,4-5,12H2,1-3H3. The van der Waals surface area contributed by atoms with Crippen molar-refractivity contribution in [3.8, 4) is 5.75 Å². The number of nitrogens with one attached hydrogen (secondary N) is 1. The van der Waals surface area contributed by atoms with Crippen molar-refractivity contribution in [1.82, 2.24) is 0 Å². The minimum Gasteiger partial charge on any atom is -0.485 e. The van der Waals surface area contributed by atoms with Crippen LogP contribution < -0.4 is 25.2 Å². The molecule has 0 saturated carbocycles. The Hall–Kier alpha value is -2.26. The van der Waals surface area contributed by atoms with Crippen LogP contribution in [0, 0.1) is 0 Å². The average molecular weight is 560 g/mol. The number of anilines is 2. The fourth-order valence-corrected chi connectivity index (χ4v) is 5.83. The van der Waals surface area contributed by atoms with E-state index in [1.54, 1.807) is 32.9 Å². The Balaban J connectivity index is 1.81. The van der Waals surface area contributed by atoms with Crippen molar-refractivity contribution in [2.24, 2.45) is 0 Å². The van der Waals surface area contributed by atoms with Gasteiger partial charge in [0.15, 0.2) is 5.75 Å². The highest BCUT2D eigenvalue weighted by molar-refractivity contribution is 7.92. The van der Waals surface area contributed by atoms with Crippen LogP contribution in [0.2, 0.25) is 15.1 Å². The number of rotatable bonds is 11. The van der Waals surface area contributed by atoms with Gasteiger partial charge in [0.1, 0.15) is 5.69 Å². The average Bonchev–Trinajstić information content (AvgIpc) is 2.80. The predicted molar refractivity (Wildman–Crippen MR) is 142 cm³/mol. The van der Waals surface area contributed by atoms with Crippen molar-refractivity contribution in [3.63, 3.8) is 0 Å². The molecule has 3 rings (SSSR count). The van der Waals surface area contributed by atoms with E-state index in [9.17, 15) is 18.0 Å². The number of sulfonamides is 1. The SMILES string of the molecule is CC(C)Oc1c(NCCCC(C)N(c2cc(Cl)ccc2Cl)S(=O)(=O)c2ccc(Cl)cc2)c(=O)c1=O. The van der Waals surface area contributed by atoms with Gasteiger partial charge >= 0.3 is 0 Å². The van der Waals surface area contributed by atoms with Crippen LogP contribution in [0.15, 0.2) is 56.9 Å². The molecule has 1 unspecified atom stereocenters. The van der Waals surface area contributed by atoms with Gasteiger partial charge in [-0.2, -0.15) is 0 Å². The predicted octanol–water partition coefficient (Wildman–Crippen LogP) is 5.51. The van der Waals surface area contributed by atoms with Gasteiger partial charge < -0.3 is 10.1 Å². The number of benzene rings is 2. The fraction of sp³-hybridized carbons (Fsp3) is 0.333. The Morgan fingerprint density at radius 1 is 0.943 bits per heavy atom. The zero-order valence-corrected chi connectivity index (χ0v) is 22.4. The van der Waals surface area contributed by atoms with Gasteiger partial charge in [-0.3, -0.25) is 13.9 Å². The first-order valence-electron chi connectivity index (χ1n) is 10.9. The molecule has 11 heteroatoms. The van der Waals surface area contributed by atoms with E-state index in [-0.39, 0.29) is 33.1 Å². The Kier molecular flexibility index (Phi) is 8.75. The smallest absolute Gasteiger partial charge is 0.272 e. The van der Waals surface area contributed by atoms with E-state index >= 15 is 0 Å². The number of hydrogen-bond donors (Lipinski definition) is 1. The van der Waals surface area contributed by atoms with Crippen molar-refractivity contribution in [3.05, 3.63) is 78.0 Å². The topological polar surface area (TPSA) is 92.8 Å². The molecule has 0 radical (unpaired) electrons. The van der Waals surface area contributed by atoms with Crippen LogP contribution in [0.25, 0.3) is 0 Å². The second-order valence-corrected chi connectivity index (χ2v) is 11.4. The maximum absolute atomic E-state index is 13.6. The van der Waals surface area contributed by atoms with E-state index in [0.29, 0.717) is 29.4 Å². The van der Waals surface area contributed by atoms with Gasteiger partial charge in [-0.1, -0.05) is 34.8 Å². The van der Waals surface area contributed by atoms with Crippen LogP contribution in [-0.4, -0.2) is 27.1 Å². The minimum absolute atomic E-state index is 0.0377. The van der Waals surface area contributed by atoms with E-state index in [1.165, 1.54) is 34.6 Å². The lowest BCUT2D eigenvalue weighted by atomic mass is 10.1. The largest absolute Gasteiger partial charge is 0.485 e. The Morgan fingerprint density at radius 3 is 2.20 bits per heavy atom. The second-order valence-electron chi connectivity index (χ2n) is 8.30. The molecule has 1 N–H and O–H groups in total. The van der Waals surface area contributed by atoms with Gasteiger partial charge in [-0.25, -0.2) is 8.42 Å². The number of halogens is 3. The lowest BCUT2D eigenvalue weighted by molar-refractivity contribution is 0.238. The Bertz CT molecular complexity index is 1370. The van der Waals surface area contributed by atoms with E-state index in [4.69, 9.17) is 39.5 Å². The first-order chi connectivity index (χ1) is 16.4. The molecule has 0 amide bonds. The first kappa shape index (κ1) is 27.3. The van der Waals surface area contributed by atoms with Crippen molar-refractivity contribution < 1.29 is 13.2 Å². The van der Waals surface area contributed by atoms with Gasteiger partial charge in [0, 0.05) is 22.6 Å². The van der Waals surface area contributed by atoms with Crippen LogP contribution in [0.1, 0.15) is 33.6 Å². The van der Waals surface area contributed by atoms with Gasteiger partial charge in [0.05, 0.1) is 21.7 Å². The highest BCUT2D eigenvalue weighted by Gasteiger charge is 2.31. The number of nitrogens with zero attached hydrogens (tertiary/aromatic N) is 1. The van der Waals surface area contributed by atoms with E-state index in [0.717, 1.165) is 0 Å². The van der Waals surface area contributed by atoms with Gasteiger partial charge in [0.2, 0.25) is 0 Å². The van der Waals surface area contributed by atoms with Gasteiger partial charge in [-0.05, 0) is 76.1 Å². The van der Waals surface area contributed by atoms with Crippen molar-refractivity contribution in [2.45, 2.75) is 50.7 Å². The molecular formula is C24H25Cl3N2O5S.